The van der Waals surface area contributed by atoms with Gasteiger partial charge in [-0.05, 0) is 0 Å². The normalized spacial score (nSPS) is 28.8. The van der Waals surface area contributed by atoms with Crippen molar-refractivity contribution in [1.29, 1.82) is 0 Å². The van der Waals surface area contributed by atoms with Gasteiger partial charge in [0.1, 0.15) is 6.04 Å². The molecule has 0 spiro atoms. The maximum absolute atomic E-state index is 11.4. The number of likely N-dealkylation sites (N-methyl/N-ethyl adjacent to an activating group) is 1. The van der Waals surface area contributed by atoms with E-state index in [4.69, 9.17) is 0 Å². The Labute approximate surface area is 68.8 Å². The van der Waals surface area contributed by atoms with Gasteiger partial charge in [0, 0.05) is 19.3 Å². The third kappa shape index (κ3) is 1.62. The summed E-state index contributed by atoms with van der Waals surface area (Å²) < 4.78 is 0.909. The van der Waals surface area contributed by atoms with Gasteiger partial charge in [0.25, 0.3) is 0 Å². The van der Waals surface area contributed by atoms with E-state index in [1.165, 1.54) is 6.42 Å². The summed E-state index contributed by atoms with van der Waals surface area (Å²) in [6.07, 6.45) is 3.01. The van der Waals surface area contributed by atoms with Crippen LogP contribution in [0.15, 0.2) is 0 Å². The lowest BCUT2D eigenvalue weighted by Gasteiger charge is -2.30. The van der Waals surface area contributed by atoms with Crippen molar-refractivity contribution in [3.63, 3.8) is 0 Å². The van der Waals surface area contributed by atoms with Crippen LogP contribution in [0, 0.1) is 0 Å². The molecule has 0 radical (unpaired) electrons. The summed E-state index contributed by atoms with van der Waals surface area (Å²) in [6, 6.07) is 0.292. The van der Waals surface area contributed by atoms with Crippen LogP contribution in [-0.2, 0) is 4.79 Å². The molecule has 1 aliphatic rings. The molecular formula is C9H18NO+. The molecule has 0 aromatic heterocycles. The molecule has 64 valence electrons. The average molecular weight is 156 g/mol. The number of hydrogen-bond acceptors (Lipinski definition) is 1. The molecule has 1 aliphatic heterocycles. The van der Waals surface area contributed by atoms with Gasteiger partial charge in [0.2, 0.25) is 0 Å². The van der Waals surface area contributed by atoms with Crippen LogP contribution < -0.4 is 0 Å². The lowest BCUT2D eigenvalue weighted by Crippen LogP contribution is -2.48. The third-order valence-electron chi connectivity index (χ3n) is 2.78. The molecule has 0 aromatic rings. The Bertz CT molecular complexity index is 163. The number of hydrogen-bond donors (Lipinski definition) is 0. The molecule has 0 saturated carbocycles. The zero-order chi connectivity index (χ0) is 8.48. The fourth-order valence-electron chi connectivity index (χ4n) is 1.98. The van der Waals surface area contributed by atoms with Gasteiger partial charge in [-0.3, -0.25) is 4.79 Å². The largest absolute Gasteiger partial charge is 0.320 e. The van der Waals surface area contributed by atoms with Crippen LogP contribution in [0.4, 0.5) is 0 Å². The number of Topliss-reactive ketones (excluding diaryl/α,β-unsaturated/α-hetero) is 1. The Hall–Kier alpha value is -0.370. The highest BCUT2D eigenvalue weighted by molar-refractivity contribution is 5.82. The maximum Gasteiger partial charge on any atom is 0.189 e. The van der Waals surface area contributed by atoms with Gasteiger partial charge in [0.15, 0.2) is 5.78 Å². The summed E-state index contributed by atoms with van der Waals surface area (Å²) in [7, 11) is 4.32. The zero-order valence-corrected chi connectivity index (χ0v) is 7.76. The summed E-state index contributed by atoms with van der Waals surface area (Å²) in [5, 5.41) is 0. The van der Waals surface area contributed by atoms with Gasteiger partial charge < -0.3 is 4.48 Å². The molecule has 0 aliphatic carbocycles. The van der Waals surface area contributed by atoms with E-state index in [1.54, 1.807) is 0 Å². The molecule has 1 unspecified atom stereocenters. The molecule has 0 N–H and O–H groups in total. The summed E-state index contributed by atoms with van der Waals surface area (Å²) in [5.74, 6) is 0.438. The molecule has 1 fully saturated rings. The average Bonchev–Trinajstić information content (AvgIpc) is 2.28. The molecular weight excluding hydrogens is 138 g/mol. The van der Waals surface area contributed by atoms with E-state index >= 15 is 0 Å². The Balaban J connectivity index is 2.64. The van der Waals surface area contributed by atoms with Gasteiger partial charge >= 0.3 is 0 Å². The second-order valence-electron chi connectivity index (χ2n) is 3.98. The number of carbonyl (C=O) groups excluding carboxylic acids is 1. The molecule has 0 amide bonds. The summed E-state index contributed by atoms with van der Waals surface area (Å²) in [4.78, 5) is 11.4. The molecule has 0 aromatic carbocycles. The number of nitrogens with zero attached hydrogens (tertiary/aromatic N) is 1. The Morgan fingerprint density at radius 2 is 2.18 bits per heavy atom. The van der Waals surface area contributed by atoms with E-state index in [2.05, 4.69) is 14.1 Å². The van der Waals surface area contributed by atoms with E-state index in [9.17, 15) is 4.79 Å². The van der Waals surface area contributed by atoms with Crippen LogP contribution in [-0.4, -0.2) is 36.9 Å². The van der Waals surface area contributed by atoms with Crippen LogP contribution in [0.5, 0.6) is 0 Å². The van der Waals surface area contributed by atoms with Gasteiger partial charge in [0.05, 0.1) is 20.6 Å². The van der Waals surface area contributed by atoms with Gasteiger partial charge in [-0.15, -0.1) is 0 Å². The molecule has 1 saturated heterocycles. The minimum atomic E-state index is 0.292. The van der Waals surface area contributed by atoms with Crippen LogP contribution in [0.2, 0.25) is 0 Å². The number of likely N-dealkylation sites (tertiary alicyclic amines) is 1. The summed E-state index contributed by atoms with van der Waals surface area (Å²) in [5.41, 5.74) is 0. The van der Waals surface area contributed by atoms with E-state index in [0.717, 1.165) is 17.4 Å². The van der Waals surface area contributed by atoms with E-state index in [0.29, 0.717) is 18.2 Å². The van der Waals surface area contributed by atoms with Gasteiger partial charge in [-0.25, -0.2) is 0 Å². The zero-order valence-electron chi connectivity index (χ0n) is 7.76. The van der Waals surface area contributed by atoms with E-state index in [-0.39, 0.29) is 0 Å². The van der Waals surface area contributed by atoms with Crippen LogP contribution in [0.3, 0.4) is 0 Å². The minimum Gasteiger partial charge on any atom is -0.320 e. The molecule has 1 rings (SSSR count). The van der Waals surface area contributed by atoms with Crippen LogP contribution in [0.1, 0.15) is 26.2 Å². The van der Waals surface area contributed by atoms with Crippen molar-refractivity contribution in [2.75, 3.05) is 20.6 Å². The quantitative estimate of drug-likeness (QED) is 0.549. The van der Waals surface area contributed by atoms with Gasteiger partial charge in [-0.2, -0.15) is 0 Å². The van der Waals surface area contributed by atoms with Crippen LogP contribution in [0.25, 0.3) is 0 Å². The minimum absolute atomic E-state index is 0.292. The third-order valence-corrected chi connectivity index (χ3v) is 2.78. The molecule has 11 heavy (non-hydrogen) atoms. The van der Waals surface area contributed by atoms with Crippen molar-refractivity contribution < 1.29 is 9.28 Å². The highest BCUT2D eigenvalue weighted by Crippen LogP contribution is 2.23. The first-order chi connectivity index (χ1) is 5.08. The first kappa shape index (κ1) is 8.72. The van der Waals surface area contributed by atoms with Crippen LogP contribution >= 0.6 is 0 Å². The Morgan fingerprint density at radius 1 is 1.55 bits per heavy atom. The van der Waals surface area contributed by atoms with Crippen molar-refractivity contribution in [2.24, 2.45) is 0 Å². The Kier molecular flexibility index (Phi) is 2.33. The predicted octanol–water partition coefficient (Wildman–Crippen LogP) is 1.20. The first-order valence-corrected chi connectivity index (χ1v) is 4.43. The maximum atomic E-state index is 11.4. The van der Waals surface area contributed by atoms with Crippen molar-refractivity contribution in [3.8, 4) is 0 Å². The molecule has 1 atom stereocenters. The Morgan fingerprint density at radius 3 is 2.55 bits per heavy atom. The SMILES string of the molecule is CCC(=O)C1CCC[N+]1(C)C. The lowest BCUT2D eigenvalue weighted by atomic mass is 10.1. The smallest absolute Gasteiger partial charge is 0.189 e. The standard InChI is InChI=1S/C9H18NO/c1-4-9(11)8-6-5-7-10(8,2)3/h8H,4-7H2,1-3H3/q+1. The summed E-state index contributed by atoms with van der Waals surface area (Å²) in [6.45, 7) is 3.12. The van der Waals surface area contributed by atoms with Gasteiger partial charge in [-0.1, -0.05) is 6.92 Å². The highest BCUT2D eigenvalue weighted by Gasteiger charge is 2.38. The topological polar surface area (TPSA) is 17.1 Å². The molecule has 2 heteroatoms. The van der Waals surface area contributed by atoms with Crippen molar-refractivity contribution >= 4 is 5.78 Å². The highest BCUT2D eigenvalue weighted by atomic mass is 16.1. The van der Waals surface area contributed by atoms with Crippen molar-refractivity contribution in [3.05, 3.63) is 0 Å². The fourth-order valence-corrected chi connectivity index (χ4v) is 1.98. The number of rotatable bonds is 2. The second-order valence-corrected chi connectivity index (χ2v) is 3.98. The lowest BCUT2D eigenvalue weighted by molar-refractivity contribution is -0.893. The number of carbonyl (C=O) groups is 1. The van der Waals surface area contributed by atoms with E-state index in [1.807, 2.05) is 6.92 Å². The monoisotopic (exact) mass is 156 g/mol. The second kappa shape index (κ2) is 2.94. The van der Waals surface area contributed by atoms with Crippen molar-refractivity contribution in [2.45, 2.75) is 32.2 Å². The first-order valence-electron chi connectivity index (χ1n) is 4.43. The molecule has 0 bridgehead atoms. The van der Waals surface area contributed by atoms with Crippen molar-refractivity contribution in [1.82, 2.24) is 0 Å². The number of quaternary nitrogens is 1. The predicted molar refractivity (Wildman–Crippen MR) is 45.3 cm³/mol. The fraction of sp³-hybridized carbons (Fsp3) is 0.889. The summed E-state index contributed by atoms with van der Waals surface area (Å²) >= 11 is 0. The van der Waals surface area contributed by atoms with E-state index < -0.39 is 0 Å². The molecule has 2 nitrogen and oxygen atoms in total. The number of ketones is 1. The molecule has 1 heterocycles.